The molecule has 3 nitrogen and oxygen atoms in total. The molecule has 19 heavy (non-hydrogen) atoms. The Labute approximate surface area is 116 Å². The quantitative estimate of drug-likeness (QED) is 0.883. The van der Waals surface area contributed by atoms with E-state index in [0.717, 1.165) is 27.4 Å². The maximum atomic E-state index is 9.85. The molecule has 0 spiro atoms. The summed E-state index contributed by atoms with van der Waals surface area (Å²) < 4.78 is 0. The molecule has 0 fully saturated rings. The van der Waals surface area contributed by atoms with Crippen molar-refractivity contribution in [2.75, 3.05) is 0 Å². The Morgan fingerprint density at radius 1 is 1.11 bits per heavy atom. The van der Waals surface area contributed by atoms with Gasteiger partial charge in [-0.1, -0.05) is 48.0 Å². The van der Waals surface area contributed by atoms with Crippen LogP contribution in [0.5, 0.6) is 0 Å². The molecular formula is C15H13ClN2O. The number of rotatable bonds is 2. The Balaban J connectivity index is 1.92. The van der Waals surface area contributed by atoms with Gasteiger partial charge in [0.1, 0.15) is 0 Å². The molecule has 0 saturated heterocycles. The Morgan fingerprint density at radius 3 is 2.63 bits per heavy atom. The Morgan fingerprint density at radius 2 is 1.84 bits per heavy atom. The van der Waals surface area contributed by atoms with Crippen molar-refractivity contribution >= 4 is 17.3 Å². The van der Waals surface area contributed by atoms with E-state index >= 15 is 0 Å². The van der Waals surface area contributed by atoms with Gasteiger partial charge in [0.05, 0.1) is 5.71 Å². The van der Waals surface area contributed by atoms with E-state index in [1.807, 2.05) is 48.5 Å². The number of halogens is 1. The highest BCUT2D eigenvalue weighted by atomic mass is 35.5. The summed E-state index contributed by atoms with van der Waals surface area (Å²) in [5.74, 6) is 0. The van der Waals surface area contributed by atoms with Gasteiger partial charge in [-0.05, 0) is 17.7 Å². The lowest BCUT2D eigenvalue weighted by molar-refractivity contribution is 0.138. The minimum atomic E-state index is -0.731. The standard InChI is InChI=1S/C15H13ClN2O/c16-11-7-5-10(6-8-11)9-14-12-3-1-2-4-13(12)15(19)18-17-14/h1-8,15,18-19H,9H2. The third kappa shape index (κ3) is 2.48. The fraction of sp³-hybridized carbons (Fsp3) is 0.133. The third-order valence-corrected chi connectivity index (χ3v) is 3.42. The van der Waals surface area contributed by atoms with Crippen LogP contribution in [0.25, 0.3) is 0 Å². The number of fused-ring (bicyclic) bond motifs is 1. The van der Waals surface area contributed by atoms with Gasteiger partial charge in [-0.25, -0.2) is 0 Å². The summed E-state index contributed by atoms with van der Waals surface area (Å²) in [6.07, 6.45) is -0.0290. The molecule has 2 N–H and O–H groups in total. The molecule has 1 unspecified atom stereocenters. The number of nitrogens with one attached hydrogen (secondary N) is 1. The highest BCUT2D eigenvalue weighted by molar-refractivity contribution is 6.30. The predicted octanol–water partition coefficient (Wildman–Crippen LogP) is 2.88. The van der Waals surface area contributed by atoms with Crippen LogP contribution < -0.4 is 5.43 Å². The van der Waals surface area contributed by atoms with Gasteiger partial charge in [-0.3, -0.25) is 5.43 Å². The van der Waals surface area contributed by atoms with Gasteiger partial charge in [-0.15, -0.1) is 0 Å². The van der Waals surface area contributed by atoms with Gasteiger partial charge in [0, 0.05) is 22.6 Å². The first-order valence-electron chi connectivity index (χ1n) is 6.08. The van der Waals surface area contributed by atoms with Crippen molar-refractivity contribution in [3.63, 3.8) is 0 Å². The fourth-order valence-corrected chi connectivity index (χ4v) is 2.32. The molecule has 1 aliphatic rings. The molecule has 1 atom stereocenters. The van der Waals surface area contributed by atoms with Crippen LogP contribution in [0.3, 0.4) is 0 Å². The SMILES string of the molecule is OC1NN=C(Cc2ccc(Cl)cc2)c2ccccc21. The zero-order valence-corrected chi connectivity index (χ0v) is 10.9. The minimum Gasteiger partial charge on any atom is -0.368 e. The Bertz CT molecular complexity index is 622. The van der Waals surface area contributed by atoms with Crippen molar-refractivity contribution in [3.05, 3.63) is 70.2 Å². The zero-order chi connectivity index (χ0) is 13.2. The summed E-state index contributed by atoms with van der Waals surface area (Å²) in [6, 6.07) is 15.5. The average molecular weight is 273 g/mol. The van der Waals surface area contributed by atoms with Crippen molar-refractivity contribution < 1.29 is 5.11 Å². The van der Waals surface area contributed by atoms with E-state index in [1.165, 1.54) is 0 Å². The van der Waals surface area contributed by atoms with Gasteiger partial charge in [0.15, 0.2) is 6.23 Å². The number of hydrogen-bond acceptors (Lipinski definition) is 3. The second-order valence-corrected chi connectivity index (χ2v) is 4.92. The van der Waals surface area contributed by atoms with Crippen molar-refractivity contribution in [2.24, 2.45) is 5.10 Å². The van der Waals surface area contributed by atoms with Crippen molar-refractivity contribution in [3.8, 4) is 0 Å². The smallest absolute Gasteiger partial charge is 0.166 e. The Kier molecular flexibility index (Phi) is 3.23. The maximum absolute atomic E-state index is 9.85. The maximum Gasteiger partial charge on any atom is 0.166 e. The van der Waals surface area contributed by atoms with Crippen LogP contribution >= 0.6 is 11.6 Å². The summed E-state index contributed by atoms with van der Waals surface area (Å²) in [4.78, 5) is 0. The largest absolute Gasteiger partial charge is 0.368 e. The van der Waals surface area contributed by atoms with Crippen LogP contribution in [-0.4, -0.2) is 10.8 Å². The summed E-state index contributed by atoms with van der Waals surface area (Å²) >= 11 is 5.88. The average Bonchev–Trinajstić information content (AvgIpc) is 2.45. The van der Waals surface area contributed by atoms with E-state index in [1.54, 1.807) is 0 Å². The van der Waals surface area contributed by atoms with Crippen LogP contribution in [0.4, 0.5) is 0 Å². The van der Waals surface area contributed by atoms with Crippen molar-refractivity contribution in [2.45, 2.75) is 12.6 Å². The number of hydrogen-bond donors (Lipinski definition) is 2. The topological polar surface area (TPSA) is 44.6 Å². The van der Waals surface area contributed by atoms with Crippen molar-refractivity contribution in [1.29, 1.82) is 0 Å². The highest BCUT2D eigenvalue weighted by Crippen LogP contribution is 2.22. The molecule has 4 heteroatoms. The van der Waals surface area contributed by atoms with E-state index < -0.39 is 6.23 Å². The molecule has 0 aromatic heterocycles. The lowest BCUT2D eigenvalue weighted by atomic mass is 9.96. The molecule has 1 aliphatic heterocycles. The molecule has 0 radical (unpaired) electrons. The zero-order valence-electron chi connectivity index (χ0n) is 10.2. The molecule has 3 rings (SSSR count). The second-order valence-electron chi connectivity index (χ2n) is 4.48. The van der Waals surface area contributed by atoms with Gasteiger partial charge < -0.3 is 5.11 Å². The number of nitrogens with zero attached hydrogens (tertiary/aromatic N) is 1. The van der Waals surface area contributed by atoms with E-state index in [2.05, 4.69) is 10.5 Å². The molecule has 0 aliphatic carbocycles. The lowest BCUT2D eigenvalue weighted by Gasteiger charge is -2.22. The first-order chi connectivity index (χ1) is 9.24. The molecular weight excluding hydrogens is 260 g/mol. The molecule has 0 bridgehead atoms. The molecule has 0 saturated carbocycles. The summed E-state index contributed by atoms with van der Waals surface area (Å²) in [5.41, 5.74) is 6.64. The number of hydrazone groups is 1. The van der Waals surface area contributed by atoms with E-state index in [0.29, 0.717) is 6.42 Å². The minimum absolute atomic E-state index is 0.702. The van der Waals surface area contributed by atoms with Gasteiger partial charge >= 0.3 is 0 Å². The Hall–Kier alpha value is -1.84. The summed E-state index contributed by atoms with van der Waals surface area (Å²) in [7, 11) is 0. The van der Waals surface area contributed by atoms with Crippen LogP contribution in [0.2, 0.25) is 5.02 Å². The van der Waals surface area contributed by atoms with Crippen LogP contribution in [0.15, 0.2) is 53.6 Å². The van der Waals surface area contributed by atoms with Crippen LogP contribution in [-0.2, 0) is 6.42 Å². The lowest BCUT2D eigenvalue weighted by Crippen LogP contribution is -2.26. The van der Waals surface area contributed by atoms with Crippen molar-refractivity contribution in [1.82, 2.24) is 5.43 Å². The number of benzene rings is 2. The molecule has 2 aromatic carbocycles. The third-order valence-electron chi connectivity index (χ3n) is 3.17. The first-order valence-corrected chi connectivity index (χ1v) is 6.46. The first kappa shape index (κ1) is 12.2. The fourth-order valence-electron chi connectivity index (χ4n) is 2.20. The number of aliphatic hydroxyl groups is 1. The predicted molar refractivity (Wildman–Crippen MR) is 76.2 cm³/mol. The summed E-state index contributed by atoms with van der Waals surface area (Å²) in [6.45, 7) is 0. The summed E-state index contributed by atoms with van der Waals surface area (Å²) in [5, 5.41) is 14.8. The molecule has 96 valence electrons. The normalized spacial score (nSPS) is 17.4. The molecule has 1 heterocycles. The van der Waals surface area contributed by atoms with Crippen LogP contribution in [0, 0.1) is 0 Å². The van der Waals surface area contributed by atoms with E-state index in [9.17, 15) is 5.11 Å². The van der Waals surface area contributed by atoms with Gasteiger partial charge in [0.25, 0.3) is 0 Å². The molecule has 0 amide bonds. The van der Waals surface area contributed by atoms with Gasteiger partial charge in [-0.2, -0.15) is 5.10 Å². The molecule has 2 aromatic rings. The van der Waals surface area contributed by atoms with E-state index in [-0.39, 0.29) is 0 Å². The second kappa shape index (κ2) is 5.03. The van der Waals surface area contributed by atoms with Gasteiger partial charge in [0.2, 0.25) is 0 Å². The van der Waals surface area contributed by atoms with Crippen LogP contribution in [0.1, 0.15) is 22.9 Å². The highest BCUT2D eigenvalue weighted by Gasteiger charge is 2.20. The monoisotopic (exact) mass is 272 g/mol. The van der Waals surface area contributed by atoms with E-state index in [4.69, 9.17) is 11.6 Å². The number of aliphatic hydroxyl groups excluding tert-OH is 1.